The van der Waals surface area contributed by atoms with Gasteiger partial charge in [0.1, 0.15) is 11.4 Å². The summed E-state index contributed by atoms with van der Waals surface area (Å²) in [7, 11) is 2.25. The van der Waals surface area contributed by atoms with E-state index in [1.807, 2.05) is 0 Å². The number of hydrogen-bond acceptors (Lipinski definition) is 0. The topological polar surface area (TPSA) is 8.81 Å². The molecule has 0 N–H and O–H groups in total. The Bertz CT molecular complexity index is 677. The molecule has 0 saturated heterocycles. The lowest BCUT2D eigenvalue weighted by atomic mass is 9.67. The van der Waals surface area contributed by atoms with Gasteiger partial charge in [-0.1, -0.05) is 18.2 Å². The van der Waals surface area contributed by atoms with Gasteiger partial charge in [0, 0.05) is 11.8 Å². The minimum Gasteiger partial charge on any atom is -0.236 e. The molecule has 1 aromatic heterocycles. The average molecular weight is 407 g/mol. The van der Waals surface area contributed by atoms with Crippen molar-refractivity contribution in [3.05, 3.63) is 48.0 Å². The molecule has 4 aliphatic carbocycles. The molecule has 6 rings (SSSR count). The van der Waals surface area contributed by atoms with Crippen LogP contribution < -0.4 is 4.57 Å². The van der Waals surface area contributed by atoms with Gasteiger partial charge in [-0.15, -0.1) is 24.0 Å². The second-order valence-corrected chi connectivity index (χ2v) is 7.51. The molecule has 0 aliphatic heterocycles. The van der Waals surface area contributed by atoms with Crippen LogP contribution in [0.1, 0.15) is 55.3 Å². The van der Waals surface area contributed by atoms with E-state index in [0.717, 1.165) is 23.7 Å². The number of benzene rings is 1. The van der Waals surface area contributed by atoms with Crippen molar-refractivity contribution in [1.82, 2.24) is 4.57 Å². The molecule has 2 unspecified atom stereocenters. The highest BCUT2D eigenvalue weighted by Gasteiger charge is 2.47. The van der Waals surface area contributed by atoms with Crippen molar-refractivity contribution in [2.75, 3.05) is 0 Å². The zero-order valence-electron chi connectivity index (χ0n) is 13.1. The first-order chi connectivity index (χ1) is 10.3. The molecule has 0 spiro atoms. The van der Waals surface area contributed by atoms with Crippen molar-refractivity contribution in [2.45, 2.75) is 43.9 Å². The van der Waals surface area contributed by atoms with Gasteiger partial charge in [-0.2, -0.15) is 4.57 Å². The fourth-order valence-corrected chi connectivity index (χ4v) is 5.60. The third-order valence-corrected chi connectivity index (χ3v) is 6.14. The predicted molar refractivity (Wildman–Crippen MR) is 97.9 cm³/mol. The summed E-state index contributed by atoms with van der Waals surface area (Å²) >= 11 is 0. The number of nitrogens with zero attached hydrogens (tertiary/aromatic N) is 2. The Hall–Kier alpha value is -0.840. The van der Waals surface area contributed by atoms with Crippen LogP contribution in [0.25, 0.3) is 5.69 Å². The Morgan fingerprint density at radius 1 is 0.909 bits per heavy atom. The van der Waals surface area contributed by atoms with Gasteiger partial charge >= 0.3 is 0 Å². The molecule has 2 aromatic rings. The van der Waals surface area contributed by atoms with Gasteiger partial charge in [0.05, 0.1) is 7.05 Å². The quantitative estimate of drug-likeness (QED) is 0.492. The molecule has 2 atom stereocenters. The van der Waals surface area contributed by atoms with E-state index in [4.69, 9.17) is 0 Å². The van der Waals surface area contributed by atoms with Gasteiger partial charge in [0.2, 0.25) is 6.33 Å². The van der Waals surface area contributed by atoms with Gasteiger partial charge in [-0.05, 0) is 56.1 Å². The molecule has 2 saturated carbocycles. The first-order valence-corrected chi connectivity index (χ1v) is 8.45. The van der Waals surface area contributed by atoms with E-state index < -0.39 is 0 Å². The monoisotopic (exact) mass is 407 g/mol. The number of hydrogen-bond donors (Lipinski definition) is 0. The van der Waals surface area contributed by atoms with Crippen molar-refractivity contribution in [2.24, 2.45) is 18.9 Å². The van der Waals surface area contributed by atoms with E-state index in [1.54, 1.807) is 11.4 Å². The Labute approximate surface area is 149 Å². The second-order valence-electron chi connectivity index (χ2n) is 7.51. The number of rotatable bonds is 1. The summed E-state index contributed by atoms with van der Waals surface area (Å²) in [6, 6.07) is 10.9. The summed E-state index contributed by atoms with van der Waals surface area (Å²) in [6.07, 6.45) is 9.56. The largest absolute Gasteiger partial charge is 0.249 e. The standard InChI is InChI=1S/C19H23N2.HI/c1-20-12-21(17-5-3-2-4-6-17)19-16-10-13-7-14(11-16)9-15(8-13)18(19)20;/h2-6,12-16H,7-11H2,1H3;1H/q+1;. The van der Waals surface area contributed by atoms with Crippen LogP contribution in [0.4, 0.5) is 0 Å². The van der Waals surface area contributed by atoms with Crippen LogP contribution in [-0.2, 0) is 7.05 Å². The molecule has 116 valence electrons. The highest BCUT2D eigenvalue weighted by molar-refractivity contribution is 14.0. The highest BCUT2D eigenvalue weighted by Crippen LogP contribution is 2.55. The lowest BCUT2D eigenvalue weighted by Crippen LogP contribution is -2.34. The van der Waals surface area contributed by atoms with E-state index in [-0.39, 0.29) is 24.0 Å². The number of aryl methyl sites for hydroxylation is 1. The molecule has 0 amide bonds. The lowest BCUT2D eigenvalue weighted by Gasteiger charge is -2.37. The summed E-state index contributed by atoms with van der Waals surface area (Å²) in [5.41, 5.74) is 4.61. The highest BCUT2D eigenvalue weighted by atomic mass is 127. The molecule has 3 heteroatoms. The summed E-state index contributed by atoms with van der Waals surface area (Å²) in [5.74, 6) is 3.58. The van der Waals surface area contributed by atoms with E-state index in [1.165, 1.54) is 37.8 Å². The smallest absolute Gasteiger partial charge is 0.236 e. The third-order valence-electron chi connectivity index (χ3n) is 6.14. The molecule has 2 nitrogen and oxygen atoms in total. The maximum atomic E-state index is 2.49. The maximum Gasteiger partial charge on any atom is 0.249 e. The predicted octanol–water partition coefficient (Wildman–Crippen LogP) is 4.31. The fourth-order valence-electron chi connectivity index (χ4n) is 5.60. The first kappa shape index (κ1) is 14.7. The van der Waals surface area contributed by atoms with E-state index >= 15 is 0 Å². The van der Waals surface area contributed by atoms with Gasteiger partial charge in [-0.25, -0.2) is 4.57 Å². The zero-order valence-corrected chi connectivity index (χ0v) is 15.4. The summed E-state index contributed by atoms with van der Waals surface area (Å²) in [4.78, 5) is 0. The van der Waals surface area contributed by atoms with Crippen molar-refractivity contribution in [1.29, 1.82) is 0 Å². The number of halogens is 1. The van der Waals surface area contributed by atoms with E-state index in [0.29, 0.717) is 0 Å². The number of para-hydroxylation sites is 1. The SMILES string of the molecule is C[n+]1cn(-c2ccccc2)c2c1C1CC3CC(CC2C3)C1.I. The van der Waals surface area contributed by atoms with Crippen LogP contribution in [-0.4, -0.2) is 4.57 Å². The Morgan fingerprint density at radius 3 is 2.23 bits per heavy atom. The number of aromatic nitrogens is 2. The van der Waals surface area contributed by atoms with Crippen LogP contribution in [0.15, 0.2) is 36.7 Å². The summed E-state index contributed by atoms with van der Waals surface area (Å²) in [6.45, 7) is 0. The molecule has 2 fully saturated rings. The Kier molecular flexibility index (Phi) is 3.59. The Balaban J connectivity index is 0.00000125. The van der Waals surface area contributed by atoms with Crippen LogP contribution in [0.3, 0.4) is 0 Å². The van der Waals surface area contributed by atoms with Gasteiger partial charge in [0.15, 0.2) is 5.69 Å². The van der Waals surface area contributed by atoms with Crippen molar-refractivity contribution >= 4 is 24.0 Å². The number of imidazole rings is 1. The van der Waals surface area contributed by atoms with Gasteiger partial charge in [-0.3, -0.25) is 0 Å². The van der Waals surface area contributed by atoms with Crippen LogP contribution in [0, 0.1) is 11.8 Å². The van der Waals surface area contributed by atoms with Crippen molar-refractivity contribution in [3.8, 4) is 5.69 Å². The summed E-state index contributed by atoms with van der Waals surface area (Å²) in [5, 5.41) is 0. The van der Waals surface area contributed by atoms with Crippen molar-refractivity contribution < 1.29 is 4.57 Å². The molecular formula is C19H24IN2+. The lowest BCUT2D eigenvalue weighted by molar-refractivity contribution is -0.679. The molecule has 1 aromatic carbocycles. The Morgan fingerprint density at radius 2 is 1.55 bits per heavy atom. The summed E-state index contributed by atoms with van der Waals surface area (Å²) < 4.78 is 4.92. The van der Waals surface area contributed by atoms with Crippen LogP contribution in [0.2, 0.25) is 0 Å². The molecule has 4 aliphatic rings. The molecule has 1 heterocycles. The van der Waals surface area contributed by atoms with Gasteiger partial charge in [0.25, 0.3) is 0 Å². The molecule has 4 bridgehead atoms. The normalized spacial score (nSPS) is 31.5. The molecular weight excluding hydrogens is 383 g/mol. The molecule has 0 radical (unpaired) electrons. The second kappa shape index (κ2) is 5.36. The maximum absolute atomic E-state index is 2.49. The van der Waals surface area contributed by atoms with E-state index in [9.17, 15) is 0 Å². The van der Waals surface area contributed by atoms with Crippen molar-refractivity contribution in [3.63, 3.8) is 0 Å². The third kappa shape index (κ3) is 2.08. The van der Waals surface area contributed by atoms with Crippen LogP contribution in [0.5, 0.6) is 0 Å². The van der Waals surface area contributed by atoms with Gasteiger partial charge < -0.3 is 0 Å². The van der Waals surface area contributed by atoms with Crippen LogP contribution >= 0.6 is 24.0 Å². The fraction of sp³-hybridized carbons (Fsp3) is 0.526. The zero-order chi connectivity index (χ0) is 14.0. The minimum absolute atomic E-state index is 0. The minimum atomic E-state index is 0. The van der Waals surface area contributed by atoms with E-state index in [2.05, 4.69) is 52.8 Å². The first-order valence-electron chi connectivity index (χ1n) is 8.45. The molecule has 22 heavy (non-hydrogen) atoms. The average Bonchev–Trinajstić information content (AvgIpc) is 2.74.